The van der Waals surface area contributed by atoms with Crippen molar-refractivity contribution in [3.63, 3.8) is 0 Å². The second-order valence-electron chi connectivity index (χ2n) is 6.99. The number of fused-ring (bicyclic) bond motifs is 1. The zero-order valence-corrected chi connectivity index (χ0v) is 20.9. The van der Waals surface area contributed by atoms with Crippen molar-refractivity contribution in [3.05, 3.63) is 39.6 Å². The van der Waals surface area contributed by atoms with E-state index in [1.54, 1.807) is 18.0 Å². The lowest BCUT2D eigenvalue weighted by molar-refractivity contribution is 0.0951. The number of anilines is 1. The van der Waals surface area contributed by atoms with Crippen LogP contribution in [0.4, 0.5) is 5.82 Å². The molecule has 0 saturated carbocycles. The van der Waals surface area contributed by atoms with Crippen molar-refractivity contribution in [1.82, 2.24) is 25.1 Å². The summed E-state index contributed by atoms with van der Waals surface area (Å²) in [6, 6.07) is 7.52. The van der Waals surface area contributed by atoms with Crippen LogP contribution in [0.15, 0.2) is 35.6 Å². The summed E-state index contributed by atoms with van der Waals surface area (Å²) in [6.45, 7) is 9.10. The molecule has 3 aromatic rings. The van der Waals surface area contributed by atoms with E-state index in [0.29, 0.717) is 48.8 Å². The summed E-state index contributed by atoms with van der Waals surface area (Å²) < 4.78 is 8.15. The molecule has 10 heteroatoms. The van der Waals surface area contributed by atoms with Crippen molar-refractivity contribution in [2.45, 2.75) is 37.7 Å². The van der Waals surface area contributed by atoms with Gasteiger partial charge in [-0.3, -0.25) is 4.79 Å². The Morgan fingerprint density at radius 1 is 1.26 bits per heavy atom. The largest absolute Gasteiger partial charge is 0.380 e. The molecule has 0 unspecified atom stereocenters. The first-order chi connectivity index (χ1) is 15.0. The van der Waals surface area contributed by atoms with Gasteiger partial charge in [0.05, 0.1) is 30.3 Å². The molecule has 1 aromatic carbocycles. The third-order valence-electron chi connectivity index (χ3n) is 4.29. The zero-order valence-electron chi connectivity index (χ0n) is 17.9. The normalized spacial score (nSPS) is 11.3. The van der Waals surface area contributed by atoms with Crippen molar-refractivity contribution in [2.24, 2.45) is 0 Å². The first-order valence-corrected chi connectivity index (χ1v) is 12.2. The maximum Gasteiger partial charge on any atom is 0.252 e. The molecule has 31 heavy (non-hydrogen) atoms. The fourth-order valence-electron chi connectivity index (χ4n) is 2.90. The quantitative estimate of drug-likeness (QED) is 0.161. The van der Waals surface area contributed by atoms with E-state index in [9.17, 15) is 4.79 Å². The van der Waals surface area contributed by atoms with E-state index in [0.717, 1.165) is 20.4 Å². The minimum absolute atomic E-state index is 0.0922. The number of nitrogens with zero attached hydrogens (tertiary/aromatic N) is 4. The van der Waals surface area contributed by atoms with Crippen molar-refractivity contribution in [2.75, 3.05) is 31.6 Å². The SMILES string of the molecule is CCOCCNc1nc(SC(C)C)nc2c1cnn2CCNC(=O)c1ccccc1I. The van der Waals surface area contributed by atoms with Crippen molar-refractivity contribution < 1.29 is 9.53 Å². The number of hydrogen-bond donors (Lipinski definition) is 2. The van der Waals surface area contributed by atoms with Gasteiger partial charge in [-0.2, -0.15) is 5.10 Å². The summed E-state index contributed by atoms with van der Waals surface area (Å²) in [5.74, 6) is 0.660. The highest BCUT2D eigenvalue weighted by atomic mass is 127. The van der Waals surface area contributed by atoms with E-state index in [2.05, 4.69) is 57.2 Å². The van der Waals surface area contributed by atoms with E-state index in [1.807, 2.05) is 35.9 Å². The molecule has 1 amide bonds. The van der Waals surface area contributed by atoms with Crippen LogP contribution in [0.3, 0.4) is 0 Å². The number of benzene rings is 1. The molecule has 0 aliphatic heterocycles. The average molecular weight is 554 g/mol. The number of amides is 1. The second-order valence-corrected chi connectivity index (χ2v) is 9.69. The van der Waals surface area contributed by atoms with Crippen molar-refractivity contribution in [1.29, 1.82) is 0 Å². The number of hydrogen-bond acceptors (Lipinski definition) is 7. The number of aromatic nitrogens is 4. The Morgan fingerprint density at radius 3 is 2.81 bits per heavy atom. The number of carbonyl (C=O) groups excluding carboxylic acids is 1. The Morgan fingerprint density at radius 2 is 2.06 bits per heavy atom. The third-order valence-corrected chi connectivity index (χ3v) is 6.09. The third kappa shape index (κ3) is 6.53. The maximum atomic E-state index is 12.5. The monoisotopic (exact) mass is 554 g/mol. The van der Waals surface area contributed by atoms with E-state index in [4.69, 9.17) is 9.72 Å². The summed E-state index contributed by atoms with van der Waals surface area (Å²) in [6.07, 6.45) is 1.77. The van der Waals surface area contributed by atoms with E-state index in [-0.39, 0.29) is 5.91 Å². The predicted molar refractivity (Wildman–Crippen MR) is 133 cm³/mol. The molecule has 2 N–H and O–H groups in total. The molecule has 0 spiro atoms. The van der Waals surface area contributed by atoms with Gasteiger partial charge < -0.3 is 15.4 Å². The van der Waals surface area contributed by atoms with Crippen LogP contribution in [0, 0.1) is 3.57 Å². The van der Waals surface area contributed by atoms with Gasteiger partial charge in [0.15, 0.2) is 10.8 Å². The van der Waals surface area contributed by atoms with Crippen LogP contribution in [0.1, 0.15) is 31.1 Å². The summed E-state index contributed by atoms with van der Waals surface area (Å²) in [4.78, 5) is 21.9. The summed E-state index contributed by atoms with van der Waals surface area (Å²) in [7, 11) is 0. The van der Waals surface area contributed by atoms with Crippen LogP contribution in [0.2, 0.25) is 0 Å². The number of halogens is 1. The lowest BCUT2D eigenvalue weighted by Crippen LogP contribution is -2.28. The number of thioether (sulfide) groups is 1. The van der Waals surface area contributed by atoms with Crippen molar-refractivity contribution in [3.8, 4) is 0 Å². The minimum atomic E-state index is -0.0922. The highest BCUT2D eigenvalue weighted by Crippen LogP contribution is 2.26. The van der Waals surface area contributed by atoms with Gasteiger partial charge in [0.2, 0.25) is 0 Å². The predicted octanol–water partition coefficient (Wildman–Crippen LogP) is 3.81. The molecule has 0 aliphatic carbocycles. The number of ether oxygens (including phenoxy) is 1. The fraction of sp³-hybridized carbons (Fsp3) is 0.429. The molecular formula is C21H27IN6O2S. The molecule has 2 aromatic heterocycles. The minimum Gasteiger partial charge on any atom is -0.380 e. The van der Waals surface area contributed by atoms with Gasteiger partial charge in [0, 0.05) is 28.5 Å². The molecule has 0 bridgehead atoms. The van der Waals surface area contributed by atoms with Crippen LogP contribution in [-0.2, 0) is 11.3 Å². The van der Waals surface area contributed by atoms with Gasteiger partial charge in [0.1, 0.15) is 5.82 Å². The number of carbonyl (C=O) groups is 1. The first kappa shape index (κ1) is 23.7. The molecule has 0 atom stereocenters. The van der Waals surface area contributed by atoms with Gasteiger partial charge >= 0.3 is 0 Å². The van der Waals surface area contributed by atoms with Gasteiger partial charge in [-0.15, -0.1) is 0 Å². The maximum absolute atomic E-state index is 12.5. The van der Waals surface area contributed by atoms with Crippen LogP contribution >= 0.6 is 34.4 Å². The lowest BCUT2D eigenvalue weighted by atomic mass is 10.2. The Balaban J connectivity index is 1.74. The van der Waals surface area contributed by atoms with Gasteiger partial charge in [0.25, 0.3) is 5.91 Å². The molecule has 0 fully saturated rings. The Kier molecular flexibility index (Phi) is 8.90. The summed E-state index contributed by atoms with van der Waals surface area (Å²) >= 11 is 3.77. The van der Waals surface area contributed by atoms with Gasteiger partial charge in [-0.1, -0.05) is 37.7 Å². The first-order valence-electron chi connectivity index (χ1n) is 10.2. The molecule has 3 rings (SSSR count). The lowest BCUT2D eigenvalue weighted by Gasteiger charge is -2.11. The summed E-state index contributed by atoms with van der Waals surface area (Å²) in [5.41, 5.74) is 1.42. The van der Waals surface area contributed by atoms with E-state index >= 15 is 0 Å². The molecule has 8 nitrogen and oxygen atoms in total. The van der Waals surface area contributed by atoms with Gasteiger partial charge in [-0.25, -0.2) is 14.6 Å². The van der Waals surface area contributed by atoms with Crippen LogP contribution in [-0.4, -0.2) is 57.2 Å². The highest BCUT2D eigenvalue weighted by molar-refractivity contribution is 14.1. The zero-order chi connectivity index (χ0) is 22.2. The average Bonchev–Trinajstić information content (AvgIpc) is 3.14. The molecule has 0 radical (unpaired) electrons. The molecule has 2 heterocycles. The molecular weight excluding hydrogens is 527 g/mol. The summed E-state index contributed by atoms with van der Waals surface area (Å²) in [5, 5.41) is 12.7. The molecule has 0 saturated heterocycles. The smallest absolute Gasteiger partial charge is 0.252 e. The number of nitrogens with one attached hydrogen (secondary N) is 2. The van der Waals surface area contributed by atoms with Crippen LogP contribution in [0.25, 0.3) is 11.0 Å². The van der Waals surface area contributed by atoms with Gasteiger partial charge in [-0.05, 0) is 41.6 Å². The second kappa shape index (κ2) is 11.6. The van der Waals surface area contributed by atoms with Crippen LogP contribution in [0.5, 0.6) is 0 Å². The number of rotatable bonds is 11. The molecule has 166 valence electrons. The standard InChI is InChI=1S/C21H27IN6O2S/c1-4-30-12-10-23-18-16-13-25-28(19(16)27-21(26-18)31-14(2)3)11-9-24-20(29)15-7-5-6-8-17(15)22/h5-8,13-14H,4,9-12H2,1-3H3,(H,24,29)(H,23,26,27). The highest BCUT2D eigenvalue weighted by Gasteiger charge is 2.15. The Bertz CT molecular complexity index is 1030. The topological polar surface area (TPSA) is 94.0 Å². The van der Waals surface area contributed by atoms with E-state index < -0.39 is 0 Å². The fourth-order valence-corrected chi connectivity index (χ4v) is 4.24. The van der Waals surface area contributed by atoms with Crippen molar-refractivity contribution >= 4 is 57.1 Å². The Hall–Kier alpha value is -1.92. The van der Waals surface area contributed by atoms with Crippen LogP contribution < -0.4 is 10.6 Å². The molecule has 0 aliphatic rings. The van der Waals surface area contributed by atoms with E-state index in [1.165, 1.54) is 0 Å². The Labute approximate surface area is 200 Å².